The van der Waals surface area contributed by atoms with E-state index in [0.29, 0.717) is 11.5 Å². The van der Waals surface area contributed by atoms with Crippen LogP contribution in [0.1, 0.15) is 41.5 Å². The van der Waals surface area contributed by atoms with E-state index < -0.39 is 10.8 Å². The first-order chi connectivity index (χ1) is 17.4. The second-order valence-electron chi connectivity index (χ2n) is 11.1. The summed E-state index contributed by atoms with van der Waals surface area (Å²) in [5, 5.41) is 9.47. The first-order valence-electron chi connectivity index (χ1n) is 12.3. The molecule has 2 amide bonds. The van der Waals surface area contributed by atoms with Gasteiger partial charge in [0.2, 0.25) is 11.8 Å². The maximum absolute atomic E-state index is 12.5. The Morgan fingerprint density at radius 1 is 0.568 bits per heavy atom. The fourth-order valence-corrected chi connectivity index (χ4v) is 3.71. The van der Waals surface area contributed by atoms with Crippen molar-refractivity contribution in [2.45, 2.75) is 41.5 Å². The Kier molecular flexibility index (Phi) is 7.17. The third-order valence-corrected chi connectivity index (χ3v) is 5.98. The van der Waals surface area contributed by atoms with E-state index in [0.717, 1.165) is 32.9 Å². The van der Waals surface area contributed by atoms with Crippen molar-refractivity contribution >= 4 is 52.4 Å². The Balaban J connectivity index is 1.54. The van der Waals surface area contributed by atoms with Crippen LogP contribution in [0.2, 0.25) is 0 Å². The zero-order chi connectivity index (χ0) is 26.8. The molecule has 7 heteroatoms. The predicted octanol–water partition coefficient (Wildman–Crippen LogP) is 6.95. The van der Waals surface area contributed by atoms with E-state index in [1.165, 1.54) is 7.69 Å². The Morgan fingerprint density at radius 3 is 1.27 bits per heavy atom. The Bertz CT molecular complexity index is 1360. The topological polar surface area (TPSA) is 76.7 Å². The van der Waals surface area contributed by atoms with Crippen LogP contribution in [0, 0.1) is 10.8 Å². The highest BCUT2D eigenvalue weighted by Gasteiger charge is 2.23. The van der Waals surface area contributed by atoms with Gasteiger partial charge < -0.3 is 19.9 Å². The van der Waals surface area contributed by atoms with Crippen LogP contribution in [0.15, 0.2) is 72.8 Å². The first kappa shape index (κ1) is 26.1. The number of rotatable bonds is 6. The molecular formula is C30H32BN2O4. The molecule has 6 nitrogen and oxygen atoms in total. The van der Waals surface area contributed by atoms with Crippen molar-refractivity contribution in [3.8, 4) is 11.5 Å². The van der Waals surface area contributed by atoms with Gasteiger partial charge in [-0.1, -0.05) is 90.1 Å². The SMILES string of the molecule is CC(C)(C)C(=O)Nc1ccc(O[B]Oc2ccc(NC(=O)C(C)(C)C)c3ccccc23)c2ccccc12. The number of carbonyl (C=O) groups is 2. The van der Waals surface area contributed by atoms with Crippen LogP contribution in [0.4, 0.5) is 11.4 Å². The average Bonchev–Trinajstić information content (AvgIpc) is 2.85. The molecule has 2 N–H and O–H groups in total. The number of carbonyl (C=O) groups excluding carboxylic acids is 2. The van der Waals surface area contributed by atoms with E-state index >= 15 is 0 Å². The van der Waals surface area contributed by atoms with E-state index in [1.54, 1.807) is 0 Å². The van der Waals surface area contributed by atoms with Crippen molar-refractivity contribution in [1.29, 1.82) is 0 Å². The molecular weight excluding hydrogens is 463 g/mol. The molecule has 37 heavy (non-hydrogen) atoms. The van der Waals surface area contributed by atoms with E-state index in [4.69, 9.17) is 9.31 Å². The highest BCUT2D eigenvalue weighted by atomic mass is 16.6. The van der Waals surface area contributed by atoms with Gasteiger partial charge in [-0.2, -0.15) is 0 Å². The van der Waals surface area contributed by atoms with E-state index in [9.17, 15) is 9.59 Å². The van der Waals surface area contributed by atoms with Gasteiger partial charge in [-0.3, -0.25) is 9.59 Å². The maximum atomic E-state index is 12.5. The third kappa shape index (κ3) is 5.88. The van der Waals surface area contributed by atoms with Gasteiger partial charge in [0.05, 0.1) is 0 Å². The fourth-order valence-electron chi connectivity index (χ4n) is 3.71. The predicted molar refractivity (Wildman–Crippen MR) is 151 cm³/mol. The molecule has 0 spiro atoms. The minimum atomic E-state index is -0.508. The third-order valence-electron chi connectivity index (χ3n) is 5.98. The summed E-state index contributed by atoms with van der Waals surface area (Å²) in [6.45, 7) is 11.3. The van der Waals surface area contributed by atoms with Crippen LogP contribution in [-0.2, 0) is 9.59 Å². The van der Waals surface area contributed by atoms with Crippen LogP contribution >= 0.6 is 0 Å². The van der Waals surface area contributed by atoms with Gasteiger partial charge in [-0.05, 0) is 24.3 Å². The van der Waals surface area contributed by atoms with Gasteiger partial charge in [0.15, 0.2) is 0 Å². The number of fused-ring (bicyclic) bond motifs is 2. The van der Waals surface area contributed by atoms with Gasteiger partial charge in [0.25, 0.3) is 0 Å². The van der Waals surface area contributed by atoms with Crippen molar-refractivity contribution in [3.05, 3.63) is 72.8 Å². The lowest BCUT2D eigenvalue weighted by Crippen LogP contribution is -2.27. The minimum absolute atomic E-state index is 0.0600. The molecule has 0 aliphatic carbocycles. The molecule has 4 rings (SSSR count). The second kappa shape index (κ2) is 10.2. The molecule has 0 atom stereocenters. The maximum Gasteiger partial charge on any atom is 0.658 e. The summed E-state index contributed by atoms with van der Waals surface area (Å²) in [5.74, 6) is 1.08. The Hall–Kier alpha value is -4.00. The molecule has 4 aromatic carbocycles. The van der Waals surface area contributed by atoms with Crippen molar-refractivity contribution in [2.24, 2.45) is 10.8 Å². The highest BCUT2D eigenvalue weighted by Crippen LogP contribution is 2.34. The van der Waals surface area contributed by atoms with E-state index in [-0.39, 0.29) is 11.8 Å². The van der Waals surface area contributed by atoms with Crippen molar-refractivity contribution in [1.82, 2.24) is 0 Å². The lowest BCUT2D eigenvalue weighted by atomic mass is 9.95. The summed E-state index contributed by atoms with van der Waals surface area (Å²) in [4.78, 5) is 25.1. The average molecular weight is 495 g/mol. The molecule has 1 radical (unpaired) electrons. The van der Waals surface area contributed by atoms with Crippen LogP contribution in [0.25, 0.3) is 21.5 Å². The molecule has 0 saturated carbocycles. The van der Waals surface area contributed by atoms with Crippen LogP contribution in [0.3, 0.4) is 0 Å². The summed E-state index contributed by atoms with van der Waals surface area (Å²) in [7, 11) is 1.30. The molecule has 4 aromatic rings. The smallest absolute Gasteiger partial charge is 0.526 e. The van der Waals surface area contributed by atoms with Crippen molar-refractivity contribution < 1.29 is 18.9 Å². The lowest BCUT2D eigenvalue weighted by Gasteiger charge is -2.20. The highest BCUT2D eigenvalue weighted by molar-refractivity contribution is 6.22. The minimum Gasteiger partial charge on any atom is -0.526 e. The number of hydrogen-bond donors (Lipinski definition) is 2. The molecule has 0 aliphatic rings. The largest absolute Gasteiger partial charge is 0.658 e. The summed E-state index contributed by atoms with van der Waals surface area (Å²) in [6, 6.07) is 22.7. The number of nitrogens with one attached hydrogen (secondary N) is 2. The molecule has 189 valence electrons. The van der Waals surface area contributed by atoms with E-state index in [2.05, 4.69) is 10.6 Å². The molecule has 0 heterocycles. The van der Waals surface area contributed by atoms with E-state index in [1.807, 2.05) is 114 Å². The van der Waals surface area contributed by atoms with Crippen molar-refractivity contribution in [2.75, 3.05) is 10.6 Å². The molecule has 0 fully saturated rings. The molecule has 0 aromatic heterocycles. The first-order valence-corrected chi connectivity index (χ1v) is 12.3. The number of hydrogen-bond acceptors (Lipinski definition) is 4. The molecule has 0 saturated heterocycles. The number of anilines is 2. The quantitative estimate of drug-likeness (QED) is 0.284. The van der Waals surface area contributed by atoms with Gasteiger partial charge in [-0.15, -0.1) is 0 Å². The lowest BCUT2D eigenvalue weighted by molar-refractivity contribution is -0.123. The summed E-state index contributed by atoms with van der Waals surface area (Å²) < 4.78 is 11.8. The van der Waals surface area contributed by atoms with Crippen LogP contribution in [0.5, 0.6) is 11.5 Å². The van der Waals surface area contributed by atoms with Gasteiger partial charge in [0, 0.05) is 43.7 Å². The van der Waals surface area contributed by atoms with Gasteiger partial charge in [-0.25, -0.2) is 0 Å². The summed E-state index contributed by atoms with van der Waals surface area (Å²) in [6.07, 6.45) is 0. The van der Waals surface area contributed by atoms with Gasteiger partial charge >= 0.3 is 7.69 Å². The van der Waals surface area contributed by atoms with Crippen LogP contribution in [-0.4, -0.2) is 19.5 Å². The summed E-state index contributed by atoms with van der Waals surface area (Å²) >= 11 is 0. The Labute approximate surface area is 218 Å². The Morgan fingerprint density at radius 2 is 0.919 bits per heavy atom. The zero-order valence-corrected chi connectivity index (χ0v) is 22.1. The van der Waals surface area contributed by atoms with Gasteiger partial charge in [0.1, 0.15) is 11.5 Å². The monoisotopic (exact) mass is 495 g/mol. The number of benzene rings is 4. The normalized spacial score (nSPS) is 11.7. The fraction of sp³-hybridized carbons (Fsp3) is 0.267. The van der Waals surface area contributed by atoms with Crippen molar-refractivity contribution in [3.63, 3.8) is 0 Å². The molecule has 0 unspecified atom stereocenters. The van der Waals surface area contributed by atoms with Crippen LogP contribution < -0.4 is 19.9 Å². The molecule has 0 aliphatic heterocycles. The number of amides is 2. The molecule has 0 bridgehead atoms. The standard InChI is InChI=1S/C30H32BN2O4/c1-29(2,3)27(34)32-23-15-17-25(21-13-9-7-11-19(21)23)36-31-37-26-18-16-24(33-28(35)30(4,5)6)20-12-8-10-14-22(20)26/h7-18H,1-6H3,(H,32,34)(H,33,35). The summed E-state index contributed by atoms with van der Waals surface area (Å²) in [5.41, 5.74) is 0.433. The zero-order valence-electron chi connectivity index (χ0n) is 22.1. The second-order valence-corrected chi connectivity index (χ2v) is 11.1.